The van der Waals surface area contributed by atoms with E-state index in [2.05, 4.69) is 20.6 Å². The number of benzene rings is 2. The van der Waals surface area contributed by atoms with E-state index in [9.17, 15) is 4.79 Å². The molecule has 0 bridgehead atoms. The third-order valence-electron chi connectivity index (χ3n) is 6.68. The summed E-state index contributed by atoms with van der Waals surface area (Å²) in [6.07, 6.45) is 6.55. The molecule has 7 nitrogen and oxygen atoms in total. The summed E-state index contributed by atoms with van der Waals surface area (Å²) in [4.78, 5) is 20.2. The monoisotopic (exact) mass is 548 g/mol. The summed E-state index contributed by atoms with van der Waals surface area (Å²) in [5.74, 6) is 1.00. The zero-order chi connectivity index (χ0) is 26.7. The minimum absolute atomic E-state index is 0.237. The Morgan fingerprint density at radius 3 is 2.58 bits per heavy atom. The van der Waals surface area contributed by atoms with Crippen molar-refractivity contribution >= 4 is 46.7 Å². The van der Waals surface area contributed by atoms with Gasteiger partial charge in [0.05, 0.1) is 35.3 Å². The van der Waals surface area contributed by atoms with Gasteiger partial charge in [0.15, 0.2) is 12.2 Å². The number of pyridine rings is 1. The molecule has 194 valence electrons. The van der Waals surface area contributed by atoms with Gasteiger partial charge in [0, 0.05) is 24.9 Å². The Labute approximate surface area is 231 Å². The highest BCUT2D eigenvalue weighted by Gasteiger charge is 2.42. The second kappa shape index (κ2) is 11.0. The number of ether oxygens (including phenoxy) is 2. The number of allylic oxidation sites excluding steroid dienone is 2. The molecule has 2 aliphatic rings. The zero-order valence-corrected chi connectivity index (χ0v) is 22.4. The highest BCUT2D eigenvalue weighted by atomic mass is 35.5. The molecule has 0 saturated carbocycles. The molecule has 0 amide bonds. The van der Waals surface area contributed by atoms with Crippen molar-refractivity contribution in [2.75, 3.05) is 32.6 Å². The third kappa shape index (κ3) is 4.69. The van der Waals surface area contributed by atoms with Crippen molar-refractivity contribution < 1.29 is 14.3 Å². The number of hydrogen-bond acceptors (Lipinski definition) is 7. The number of rotatable bonds is 7. The number of aldehydes is 1. The maximum absolute atomic E-state index is 11.3. The van der Waals surface area contributed by atoms with E-state index in [1.54, 1.807) is 19.2 Å². The number of carbonyl (C=O) groups is 1. The van der Waals surface area contributed by atoms with Crippen molar-refractivity contribution in [3.63, 3.8) is 0 Å². The molecule has 0 spiro atoms. The Balaban J connectivity index is 1.48. The van der Waals surface area contributed by atoms with Gasteiger partial charge < -0.3 is 20.1 Å². The van der Waals surface area contributed by atoms with Gasteiger partial charge in [0.2, 0.25) is 5.88 Å². The minimum Gasteiger partial charge on any atom is -0.480 e. The average Bonchev–Trinajstić information content (AvgIpc) is 3.47. The molecule has 0 saturated heterocycles. The van der Waals surface area contributed by atoms with Crippen LogP contribution in [0.2, 0.25) is 5.02 Å². The molecule has 0 radical (unpaired) electrons. The number of carbonyl (C=O) groups excluding carboxylic acids is 1. The van der Waals surface area contributed by atoms with Crippen LogP contribution in [0, 0.1) is 0 Å². The standard InChI is InChI=1S/C29H26Cl2N4O3/c1-37-27-18(17-36)8-13-24(35-27)23-6-3-5-21(25(23)30)22-7-4-14-29(38-2,26(22)31)19-9-11-20(12-10-19)34-28-32-15-16-33-28/h3-14,17,26H,15-16H2,1-2H3,(H2,32,33,34). The Bertz CT molecular complexity index is 1450. The highest BCUT2D eigenvalue weighted by Crippen LogP contribution is 2.46. The van der Waals surface area contributed by atoms with Gasteiger partial charge >= 0.3 is 0 Å². The molecule has 9 heteroatoms. The lowest BCUT2D eigenvalue weighted by Crippen LogP contribution is -2.38. The van der Waals surface area contributed by atoms with Crippen LogP contribution in [0.25, 0.3) is 16.8 Å². The molecule has 2 aromatic carbocycles. The molecule has 1 aliphatic carbocycles. The molecule has 2 unspecified atom stereocenters. The number of nitrogens with zero attached hydrogens (tertiary/aromatic N) is 2. The Hall–Kier alpha value is -3.65. The SMILES string of the molecule is COc1nc(-c2cccc(C3=CC=CC(OC)(c4ccc(NC5=NCCN5)cc4)C3Cl)c2Cl)ccc1C=O. The minimum atomic E-state index is -0.917. The first-order chi connectivity index (χ1) is 18.5. The highest BCUT2D eigenvalue weighted by molar-refractivity contribution is 6.36. The molecule has 5 rings (SSSR count). The smallest absolute Gasteiger partial charge is 0.224 e. The fraction of sp³-hybridized carbons (Fsp3) is 0.207. The van der Waals surface area contributed by atoms with E-state index in [4.69, 9.17) is 32.7 Å². The summed E-state index contributed by atoms with van der Waals surface area (Å²) in [6.45, 7) is 1.59. The Morgan fingerprint density at radius 2 is 1.89 bits per heavy atom. The molecule has 2 N–H and O–H groups in total. The maximum Gasteiger partial charge on any atom is 0.224 e. The number of methoxy groups -OCH3 is 2. The number of aliphatic imine (C=N–C) groups is 1. The number of nitrogens with one attached hydrogen (secondary N) is 2. The van der Waals surface area contributed by atoms with Crippen LogP contribution < -0.4 is 15.4 Å². The number of hydrogen-bond donors (Lipinski definition) is 2. The Morgan fingerprint density at radius 1 is 1.11 bits per heavy atom. The lowest BCUT2D eigenvalue weighted by Gasteiger charge is -2.38. The fourth-order valence-corrected chi connectivity index (χ4v) is 5.50. The fourth-order valence-electron chi connectivity index (χ4n) is 4.69. The topological polar surface area (TPSA) is 84.8 Å². The normalized spacial score (nSPS) is 20.4. The van der Waals surface area contributed by atoms with E-state index in [0.29, 0.717) is 28.1 Å². The predicted octanol–water partition coefficient (Wildman–Crippen LogP) is 5.70. The number of aromatic nitrogens is 1. The summed E-state index contributed by atoms with van der Waals surface area (Å²) in [6, 6.07) is 17.0. The lowest BCUT2D eigenvalue weighted by molar-refractivity contribution is 0.0358. The molecule has 3 aromatic rings. The summed E-state index contributed by atoms with van der Waals surface area (Å²) >= 11 is 14.1. The second-order valence-corrected chi connectivity index (χ2v) is 9.59. The van der Waals surface area contributed by atoms with E-state index in [1.165, 1.54) is 7.11 Å². The van der Waals surface area contributed by atoms with Gasteiger partial charge in [-0.15, -0.1) is 11.6 Å². The second-order valence-electron chi connectivity index (χ2n) is 8.78. The average molecular weight is 549 g/mol. The van der Waals surface area contributed by atoms with Crippen LogP contribution in [-0.2, 0) is 10.3 Å². The van der Waals surface area contributed by atoms with Crippen LogP contribution in [0.4, 0.5) is 5.69 Å². The third-order valence-corrected chi connectivity index (χ3v) is 7.64. The molecular formula is C29H26Cl2N4O3. The summed E-state index contributed by atoms with van der Waals surface area (Å²) in [7, 11) is 3.12. The molecule has 1 aliphatic heterocycles. The number of anilines is 1. The van der Waals surface area contributed by atoms with E-state index in [0.717, 1.165) is 41.4 Å². The van der Waals surface area contributed by atoms with Crippen molar-refractivity contribution in [3.05, 3.63) is 94.5 Å². The van der Waals surface area contributed by atoms with Gasteiger partial charge in [-0.2, -0.15) is 0 Å². The first-order valence-electron chi connectivity index (χ1n) is 12.0. The van der Waals surface area contributed by atoms with Gasteiger partial charge in [0.1, 0.15) is 5.60 Å². The predicted molar refractivity (Wildman–Crippen MR) is 152 cm³/mol. The molecule has 0 fully saturated rings. The van der Waals surface area contributed by atoms with Gasteiger partial charge in [-0.1, -0.05) is 54.1 Å². The first kappa shape index (κ1) is 26.0. The van der Waals surface area contributed by atoms with Gasteiger partial charge in [-0.25, -0.2) is 4.98 Å². The van der Waals surface area contributed by atoms with E-state index in [1.807, 2.05) is 60.7 Å². The number of guanidine groups is 1. The lowest BCUT2D eigenvalue weighted by atomic mass is 9.80. The molecular weight excluding hydrogens is 523 g/mol. The van der Waals surface area contributed by atoms with Crippen LogP contribution in [0.3, 0.4) is 0 Å². The molecule has 2 heterocycles. The van der Waals surface area contributed by atoms with Crippen molar-refractivity contribution in [3.8, 4) is 17.1 Å². The largest absolute Gasteiger partial charge is 0.480 e. The Kier molecular flexibility index (Phi) is 7.51. The van der Waals surface area contributed by atoms with Crippen LogP contribution in [0.5, 0.6) is 5.88 Å². The van der Waals surface area contributed by atoms with Crippen LogP contribution in [-0.4, -0.2) is 49.9 Å². The first-order valence-corrected chi connectivity index (χ1v) is 12.9. The van der Waals surface area contributed by atoms with E-state index in [-0.39, 0.29) is 5.88 Å². The van der Waals surface area contributed by atoms with Crippen LogP contribution in [0.1, 0.15) is 21.5 Å². The van der Waals surface area contributed by atoms with Crippen molar-refractivity contribution in [2.45, 2.75) is 11.0 Å². The number of halogens is 2. The van der Waals surface area contributed by atoms with Crippen molar-refractivity contribution in [1.82, 2.24) is 10.3 Å². The number of alkyl halides is 1. The molecule has 38 heavy (non-hydrogen) atoms. The van der Waals surface area contributed by atoms with Crippen molar-refractivity contribution in [1.29, 1.82) is 0 Å². The molecule has 2 atom stereocenters. The molecule has 1 aromatic heterocycles. The van der Waals surface area contributed by atoms with E-state index >= 15 is 0 Å². The van der Waals surface area contributed by atoms with Gasteiger partial charge in [-0.05, 0) is 47.0 Å². The van der Waals surface area contributed by atoms with Crippen LogP contribution in [0.15, 0.2) is 77.8 Å². The van der Waals surface area contributed by atoms with Gasteiger partial charge in [0.25, 0.3) is 0 Å². The quantitative estimate of drug-likeness (QED) is 0.291. The van der Waals surface area contributed by atoms with Gasteiger partial charge in [-0.3, -0.25) is 9.79 Å². The van der Waals surface area contributed by atoms with Crippen molar-refractivity contribution in [2.24, 2.45) is 4.99 Å². The summed E-state index contributed by atoms with van der Waals surface area (Å²) < 4.78 is 11.4. The summed E-state index contributed by atoms with van der Waals surface area (Å²) in [5, 5.41) is 6.39. The summed E-state index contributed by atoms with van der Waals surface area (Å²) in [5.41, 5.74) is 4.11. The maximum atomic E-state index is 11.3. The van der Waals surface area contributed by atoms with E-state index < -0.39 is 11.0 Å². The van der Waals surface area contributed by atoms with Crippen LogP contribution >= 0.6 is 23.2 Å². The zero-order valence-electron chi connectivity index (χ0n) is 20.9.